The molecular formula is C25H29N7OS. The van der Waals surface area contributed by atoms with Crippen LogP contribution in [-0.2, 0) is 11.3 Å². The number of thioether (sulfide) groups is 1. The average Bonchev–Trinajstić information content (AvgIpc) is 3.49. The van der Waals surface area contributed by atoms with Gasteiger partial charge in [0.1, 0.15) is 12.0 Å². The summed E-state index contributed by atoms with van der Waals surface area (Å²) < 4.78 is 3.98. The van der Waals surface area contributed by atoms with Crippen molar-refractivity contribution in [1.29, 1.82) is 0 Å². The predicted octanol–water partition coefficient (Wildman–Crippen LogP) is 3.47. The van der Waals surface area contributed by atoms with Gasteiger partial charge in [0.05, 0.1) is 11.4 Å². The first-order chi connectivity index (χ1) is 16.6. The maximum atomic E-state index is 12.9. The van der Waals surface area contributed by atoms with Gasteiger partial charge in [0, 0.05) is 50.8 Å². The van der Waals surface area contributed by atoms with Crippen LogP contribution in [0.1, 0.15) is 31.0 Å². The van der Waals surface area contributed by atoms with Crippen LogP contribution in [0.3, 0.4) is 0 Å². The summed E-state index contributed by atoms with van der Waals surface area (Å²) in [7, 11) is 0. The minimum absolute atomic E-state index is 0.141. The molecule has 0 atom stereocenters. The molecule has 0 unspecified atom stereocenters. The quantitative estimate of drug-likeness (QED) is 0.381. The van der Waals surface area contributed by atoms with Gasteiger partial charge in [0.25, 0.3) is 0 Å². The maximum Gasteiger partial charge on any atom is 0.233 e. The number of carbonyl (C=O) groups is 1. The van der Waals surface area contributed by atoms with E-state index >= 15 is 0 Å². The lowest BCUT2D eigenvalue weighted by molar-refractivity contribution is -0.130. The van der Waals surface area contributed by atoms with Crippen molar-refractivity contribution in [1.82, 2.24) is 33.9 Å². The maximum absolute atomic E-state index is 12.9. The van der Waals surface area contributed by atoms with Crippen LogP contribution in [-0.4, -0.2) is 71.8 Å². The largest absolute Gasteiger partial charge is 0.339 e. The molecule has 0 saturated carbocycles. The molecule has 1 aliphatic heterocycles. The van der Waals surface area contributed by atoms with Crippen molar-refractivity contribution < 1.29 is 4.79 Å². The zero-order chi connectivity index (χ0) is 23.5. The first kappa shape index (κ1) is 22.6. The molecule has 1 aromatic carbocycles. The van der Waals surface area contributed by atoms with E-state index in [1.807, 2.05) is 38.3 Å². The number of hydrogen-bond donors (Lipinski definition) is 0. The van der Waals surface area contributed by atoms with Crippen LogP contribution in [0.15, 0.2) is 66.3 Å². The number of benzene rings is 1. The summed E-state index contributed by atoms with van der Waals surface area (Å²) in [5.74, 6) is 0.985. The van der Waals surface area contributed by atoms with E-state index in [0.717, 1.165) is 54.9 Å². The first-order valence-corrected chi connectivity index (χ1v) is 12.6. The van der Waals surface area contributed by atoms with E-state index in [1.165, 1.54) is 17.3 Å². The van der Waals surface area contributed by atoms with Gasteiger partial charge in [-0.15, -0.1) is 10.2 Å². The summed E-state index contributed by atoms with van der Waals surface area (Å²) in [6.07, 6.45) is 5.80. The van der Waals surface area contributed by atoms with Crippen LogP contribution in [0.2, 0.25) is 0 Å². The Morgan fingerprint density at radius 2 is 1.85 bits per heavy atom. The second-order valence-corrected chi connectivity index (χ2v) is 9.82. The van der Waals surface area contributed by atoms with Crippen LogP contribution < -0.4 is 0 Å². The van der Waals surface area contributed by atoms with Crippen LogP contribution in [0.5, 0.6) is 0 Å². The molecule has 4 heterocycles. The monoisotopic (exact) mass is 475 g/mol. The molecule has 8 nitrogen and oxygen atoms in total. The van der Waals surface area contributed by atoms with Crippen molar-refractivity contribution in [2.24, 2.45) is 0 Å². The number of amides is 1. The number of imidazole rings is 1. The van der Waals surface area contributed by atoms with E-state index in [1.54, 1.807) is 6.33 Å². The van der Waals surface area contributed by atoms with Crippen molar-refractivity contribution >= 4 is 23.3 Å². The van der Waals surface area contributed by atoms with Crippen molar-refractivity contribution in [2.45, 2.75) is 31.5 Å². The highest BCUT2D eigenvalue weighted by atomic mass is 32.2. The number of nitrogens with zero attached hydrogens (tertiary/aromatic N) is 7. The summed E-state index contributed by atoms with van der Waals surface area (Å²) in [5, 5.41) is 9.03. The third-order valence-electron chi connectivity index (χ3n) is 6.20. The molecule has 1 amide bonds. The predicted molar refractivity (Wildman–Crippen MR) is 133 cm³/mol. The van der Waals surface area contributed by atoms with Gasteiger partial charge >= 0.3 is 0 Å². The van der Waals surface area contributed by atoms with Crippen molar-refractivity contribution in [3.63, 3.8) is 0 Å². The number of carbonyl (C=O) groups excluding carboxylic acids is 1. The Kier molecular flexibility index (Phi) is 6.64. The normalized spacial score (nSPS) is 14.9. The summed E-state index contributed by atoms with van der Waals surface area (Å²) in [4.78, 5) is 21.9. The fraction of sp³-hybridized carbons (Fsp3) is 0.360. The molecule has 1 aliphatic rings. The zero-order valence-corrected chi connectivity index (χ0v) is 20.4. The molecule has 3 aromatic heterocycles. The second kappa shape index (κ2) is 9.99. The van der Waals surface area contributed by atoms with Crippen molar-refractivity contribution in [2.75, 3.05) is 31.9 Å². The highest BCUT2D eigenvalue weighted by molar-refractivity contribution is 7.99. The van der Waals surface area contributed by atoms with Gasteiger partial charge in [-0.25, -0.2) is 4.98 Å². The number of hydrogen-bond acceptors (Lipinski definition) is 6. The summed E-state index contributed by atoms with van der Waals surface area (Å²) >= 11 is 1.44. The molecular weight excluding hydrogens is 446 g/mol. The van der Waals surface area contributed by atoms with Gasteiger partial charge in [0.2, 0.25) is 5.91 Å². The Balaban J connectivity index is 1.13. The number of aromatic nitrogens is 5. The highest BCUT2D eigenvalue weighted by Gasteiger charge is 2.22. The third-order valence-corrected chi connectivity index (χ3v) is 7.13. The molecule has 0 bridgehead atoms. The SMILES string of the molecule is CC(C)c1ccc(-n2cnnc2SCC(=O)N2CCN(Cc3cn4ccccc4n3)CC2)cc1. The highest BCUT2D eigenvalue weighted by Crippen LogP contribution is 2.22. The topological polar surface area (TPSA) is 71.6 Å². The standard InChI is InChI=1S/C25H29N7OS/c1-19(2)20-6-8-22(9-7-20)32-18-26-28-25(32)34-17-24(33)30-13-11-29(12-14-30)15-21-16-31-10-4-3-5-23(31)27-21/h3-10,16,18-19H,11-15,17H2,1-2H3. The Labute approximate surface area is 203 Å². The molecule has 0 N–H and O–H groups in total. The average molecular weight is 476 g/mol. The minimum atomic E-state index is 0.141. The fourth-order valence-corrected chi connectivity index (χ4v) is 5.02. The summed E-state index contributed by atoms with van der Waals surface area (Å²) in [6.45, 7) is 8.33. The molecule has 34 heavy (non-hydrogen) atoms. The lowest BCUT2D eigenvalue weighted by Gasteiger charge is -2.34. The number of rotatable bonds is 7. The molecule has 1 fully saturated rings. The lowest BCUT2D eigenvalue weighted by atomic mass is 10.0. The van der Waals surface area contributed by atoms with Gasteiger partial charge < -0.3 is 9.30 Å². The van der Waals surface area contributed by atoms with Gasteiger partial charge in [-0.3, -0.25) is 14.3 Å². The van der Waals surface area contributed by atoms with Crippen LogP contribution >= 0.6 is 11.8 Å². The Morgan fingerprint density at radius 1 is 1.06 bits per heavy atom. The zero-order valence-electron chi connectivity index (χ0n) is 19.5. The van der Waals surface area contributed by atoms with E-state index in [0.29, 0.717) is 11.7 Å². The first-order valence-electron chi connectivity index (χ1n) is 11.6. The van der Waals surface area contributed by atoms with Gasteiger partial charge in [-0.1, -0.05) is 43.8 Å². The molecule has 9 heteroatoms. The number of piperazine rings is 1. The molecule has 5 rings (SSSR count). The van der Waals surface area contributed by atoms with Gasteiger partial charge in [-0.2, -0.15) is 0 Å². The Bertz CT molecular complexity index is 1220. The van der Waals surface area contributed by atoms with E-state index in [-0.39, 0.29) is 5.91 Å². The van der Waals surface area contributed by atoms with E-state index in [2.05, 4.69) is 64.4 Å². The Morgan fingerprint density at radius 3 is 2.59 bits per heavy atom. The molecule has 0 spiro atoms. The van der Waals surface area contributed by atoms with Crippen molar-refractivity contribution in [3.05, 3.63) is 72.4 Å². The van der Waals surface area contributed by atoms with Gasteiger partial charge in [-0.05, 0) is 35.7 Å². The third kappa shape index (κ3) is 5.00. The van der Waals surface area contributed by atoms with E-state index < -0.39 is 0 Å². The smallest absolute Gasteiger partial charge is 0.233 e. The minimum Gasteiger partial charge on any atom is -0.339 e. The van der Waals surface area contributed by atoms with Crippen LogP contribution in [0.25, 0.3) is 11.3 Å². The molecule has 4 aromatic rings. The lowest BCUT2D eigenvalue weighted by Crippen LogP contribution is -2.48. The van der Waals surface area contributed by atoms with E-state index in [4.69, 9.17) is 0 Å². The number of fused-ring (bicyclic) bond motifs is 1. The van der Waals surface area contributed by atoms with Crippen LogP contribution in [0.4, 0.5) is 0 Å². The summed E-state index contributed by atoms with van der Waals surface area (Å²) in [6, 6.07) is 14.4. The molecule has 0 radical (unpaired) electrons. The molecule has 0 aliphatic carbocycles. The van der Waals surface area contributed by atoms with Crippen molar-refractivity contribution in [3.8, 4) is 5.69 Å². The molecule has 1 saturated heterocycles. The van der Waals surface area contributed by atoms with Gasteiger partial charge in [0.15, 0.2) is 5.16 Å². The summed E-state index contributed by atoms with van der Waals surface area (Å²) in [5.41, 5.74) is 4.32. The Hall–Kier alpha value is -3.17. The second-order valence-electron chi connectivity index (χ2n) is 8.87. The van der Waals surface area contributed by atoms with Crippen LogP contribution in [0, 0.1) is 0 Å². The fourth-order valence-electron chi connectivity index (χ4n) is 4.19. The van der Waals surface area contributed by atoms with E-state index in [9.17, 15) is 4.79 Å². The number of pyridine rings is 1. The molecule has 176 valence electrons.